The van der Waals surface area contributed by atoms with E-state index >= 15 is 0 Å². The SMILES string of the molecule is CC\C=C/C=C\C=C/C=C\C=C\C=C/C=C\CCCCCC(=O)OCC(COC(=O)CCC/C=C\CCCCCC)OC(=O)CCC/C=C\C/C=C\C/C=C\C/C=C\C/C=C\CC. The smallest absolute Gasteiger partial charge is 0.306 e. The predicted molar refractivity (Wildman–Crippen MR) is 269 cm³/mol. The Morgan fingerprint density at radius 1 is 0.349 bits per heavy atom. The van der Waals surface area contributed by atoms with Gasteiger partial charge in [0.25, 0.3) is 0 Å². The van der Waals surface area contributed by atoms with Gasteiger partial charge in [-0.15, -0.1) is 0 Å². The summed E-state index contributed by atoms with van der Waals surface area (Å²) < 4.78 is 16.6. The molecule has 0 amide bonds. The third kappa shape index (κ3) is 47.9. The largest absolute Gasteiger partial charge is 0.462 e. The molecule has 1 unspecified atom stereocenters. The molecule has 6 heteroatoms. The van der Waals surface area contributed by atoms with Gasteiger partial charge in [0.2, 0.25) is 0 Å². The highest BCUT2D eigenvalue weighted by atomic mass is 16.6. The highest BCUT2D eigenvalue weighted by Crippen LogP contribution is 2.10. The maximum Gasteiger partial charge on any atom is 0.306 e. The molecule has 0 rings (SSSR count). The standard InChI is InChI=1S/C57H84O6/c1-4-7-10-13-16-19-21-23-25-27-28-30-31-33-35-38-41-44-47-50-56(59)62-53-54(52-61-55(58)49-46-43-40-37-18-15-12-9-6-3)63-57(60)51-48-45-42-39-36-34-32-29-26-24-22-20-17-14-11-8-5-2/h7-8,10-11,13,16-17,19-21,23-28,30-35,37,39-40,42,54H,4-6,9,12,14-15,18,22,29,36,38,41,43-53H2,1-3H3/b10-7-,11-8-,16-13-,20-17-,21-19-,25-23-,26-24-,28-27+,31-30-,34-32-,35-33-,40-37-,42-39-. The van der Waals surface area contributed by atoms with Crippen molar-refractivity contribution < 1.29 is 28.6 Å². The molecule has 6 nitrogen and oxygen atoms in total. The summed E-state index contributed by atoms with van der Waals surface area (Å²) in [6, 6.07) is 0. The minimum Gasteiger partial charge on any atom is -0.462 e. The molecule has 0 aromatic carbocycles. The van der Waals surface area contributed by atoms with Gasteiger partial charge < -0.3 is 14.2 Å². The summed E-state index contributed by atoms with van der Waals surface area (Å²) in [5.41, 5.74) is 0. The highest BCUT2D eigenvalue weighted by molar-refractivity contribution is 5.71. The topological polar surface area (TPSA) is 78.9 Å². The van der Waals surface area contributed by atoms with E-state index in [0.29, 0.717) is 19.3 Å². The number of allylic oxidation sites excluding steroid dienone is 26. The number of carbonyl (C=O) groups excluding carboxylic acids is 3. The van der Waals surface area contributed by atoms with E-state index in [1.165, 1.54) is 25.7 Å². The molecule has 0 saturated heterocycles. The fraction of sp³-hybridized carbons (Fsp3) is 0.491. The zero-order valence-electron chi connectivity index (χ0n) is 39.5. The Balaban J connectivity index is 4.61. The van der Waals surface area contributed by atoms with Crippen LogP contribution in [0.5, 0.6) is 0 Å². The first-order valence-electron chi connectivity index (χ1n) is 24.1. The van der Waals surface area contributed by atoms with Crippen LogP contribution in [-0.2, 0) is 28.6 Å². The first-order valence-corrected chi connectivity index (χ1v) is 24.1. The molecule has 1 atom stereocenters. The fourth-order valence-electron chi connectivity index (χ4n) is 5.64. The average Bonchev–Trinajstić information content (AvgIpc) is 3.28. The Labute approximate surface area is 384 Å². The van der Waals surface area contributed by atoms with Crippen molar-refractivity contribution in [2.45, 2.75) is 168 Å². The second kappa shape index (κ2) is 49.7. The molecule has 0 bridgehead atoms. The first kappa shape index (κ1) is 58.0. The van der Waals surface area contributed by atoms with Gasteiger partial charge >= 0.3 is 17.9 Å². The lowest BCUT2D eigenvalue weighted by Crippen LogP contribution is -2.30. The second-order valence-corrected chi connectivity index (χ2v) is 15.1. The normalized spacial score (nSPS) is 13.5. The van der Waals surface area contributed by atoms with E-state index in [4.69, 9.17) is 14.2 Å². The molecule has 0 N–H and O–H groups in total. The number of hydrogen-bond donors (Lipinski definition) is 0. The number of carbonyl (C=O) groups is 3. The molecule has 348 valence electrons. The summed E-state index contributed by atoms with van der Waals surface area (Å²) in [6.45, 7) is 6.18. The number of unbranched alkanes of at least 4 members (excludes halogenated alkanes) is 9. The Morgan fingerprint density at radius 3 is 1.21 bits per heavy atom. The zero-order valence-corrected chi connectivity index (χ0v) is 39.5. The van der Waals surface area contributed by atoms with Gasteiger partial charge in [0.1, 0.15) is 13.2 Å². The quantitative estimate of drug-likeness (QED) is 0.0201. The molecule has 63 heavy (non-hydrogen) atoms. The van der Waals surface area contributed by atoms with Crippen LogP contribution in [0.25, 0.3) is 0 Å². The molecule has 0 aromatic heterocycles. The lowest BCUT2D eigenvalue weighted by atomic mass is 10.1. The molecule has 0 aliphatic rings. The summed E-state index contributed by atoms with van der Waals surface area (Å²) in [5.74, 6) is -1.09. The molecule has 0 aromatic rings. The van der Waals surface area contributed by atoms with Gasteiger partial charge in [0.05, 0.1) is 0 Å². The summed E-state index contributed by atoms with van der Waals surface area (Å²) in [6.07, 6.45) is 72.4. The molecule has 0 heterocycles. The van der Waals surface area contributed by atoms with Gasteiger partial charge in [-0.05, 0) is 96.3 Å². The minimum absolute atomic E-state index is 0.139. The lowest BCUT2D eigenvalue weighted by Gasteiger charge is -2.18. The molecule has 0 radical (unpaired) electrons. The number of ether oxygens (including phenoxy) is 3. The van der Waals surface area contributed by atoms with E-state index < -0.39 is 12.1 Å². The zero-order chi connectivity index (χ0) is 45.8. The van der Waals surface area contributed by atoms with Crippen molar-refractivity contribution in [1.29, 1.82) is 0 Å². The Bertz CT molecular complexity index is 1510. The number of esters is 3. The summed E-state index contributed by atoms with van der Waals surface area (Å²) in [4.78, 5) is 37.8. The van der Waals surface area contributed by atoms with Gasteiger partial charge in [-0.2, -0.15) is 0 Å². The lowest BCUT2D eigenvalue weighted by molar-refractivity contribution is -0.167. The first-order chi connectivity index (χ1) is 31.0. The van der Waals surface area contributed by atoms with Crippen molar-refractivity contribution in [3.05, 3.63) is 158 Å². The van der Waals surface area contributed by atoms with Crippen molar-refractivity contribution in [3.8, 4) is 0 Å². The summed E-state index contributed by atoms with van der Waals surface area (Å²) >= 11 is 0. The van der Waals surface area contributed by atoms with Gasteiger partial charge in [-0.25, -0.2) is 0 Å². The van der Waals surface area contributed by atoms with Crippen LogP contribution >= 0.6 is 0 Å². The molecule has 0 aliphatic carbocycles. The van der Waals surface area contributed by atoms with Gasteiger partial charge in [0, 0.05) is 19.3 Å². The molecule has 0 aliphatic heterocycles. The van der Waals surface area contributed by atoms with E-state index in [9.17, 15) is 14.4 Å². The van der Waals surface area contributed by atoms with Gasteiger partial charge in [-0.1, -0.05) is 204 Å². The molecular formula is C57H84O6. The van der Waals surface area contributed by atoms with Crippen LogP contribution in [0.15, 0.2) is 158 Å². The minimum atomic E-state index is -0.844. The number of hydrogen-bond acceptors (Lipinski definition) is 6. The van der Waals surface area contributed by atoms with Crippen LogP contribution in [0.3, 0.4) is 0 Å². The van der Waals surface area contributed by atoms with Crippen molar-refractivity contribution in [2.24, 2.45) is 0 Å². The monoisotopic (exact) mass is 865 g/mol. The van der Waals surface area contributed by atoms with Gasteiger partial charge in [0.15, 0.2) is 6.10 Å². The average molecular weight is 865 g/mol. The van der Waals surface area contributed by atoms with Crippen LogP contribution in [-0.4, -0.2) is 37.2 Å². The molecule has 0 fully saturated rings. The van der Waals surface area contributed by atoms with Crippen molar-refractivity contribution in [1.82, 2.24) is 0 Å². The second-order valence-electron chi connectivity index (χ2n) is 15.1. The third-order valence-electron chi connectivity index (χ3n) is 9.19. The van der Waals surface area contributed by atoms with E-state index in [-0.39, 0.29) is 44.4 Å². The Kier molecular flexibility index (Phi) is 45.8. The number of rotatable bonds is 40. The summed E-state index contributed by atoms with van der Waals surface area (Å²) in [7, 11) is 0. The van der Waals surface area contributed by atoms with Crippen LogP contribution < -0.4 is 0 Å². The van der Waals surface area contributed by atoms with Crippen molar-refractivity contribution in [3.63, 3.8) is 0 Å². The fourth-order valence-corrected chi connectivity index (χ4v) is 5.64. The van der Waals surface area contributed by atoms with Gasteiger partial charge in [-0.3, -0.25) is 14.4 Å². The predicted octanol–water partition coefficient (Wildman–Crippen LogP) is 15.9. The maximum atomic E-state index is 12.7. The van der Waals surface area contributed by atoms with E-state index in [1.807, 2.05) is 72.9 Å². The Hall–Kier alpha value is -4.97. The van der Waals surface area contributed by atoms with E-state index in [2.05, 4.69) is 106 Å². The molecule has 0 saturated carbocycles. The highest BCUT2D eigenvalue weighted by Gasteiger charge is 2.19. The van der Waals surface area contributed by atoms with Crippen LogP contribution in [0.2, 0.25) is 0 Å². The molecular weight excluding hydrogens is 781 g/mol. The van der Waals surface area contributed by atoms with Crippen LogP contribution in [0.4, 0.5) is 0 Å². The van der Waals surface area contributed by atoms with Crippen molar-refractivity contribution >= 4 is 17.9 Å². The third-order valence-corrected chi connectivity index (χ3v) is 9.19. The van der Waals surface area contributed by atoms with Crippen LogP contribution in [0.1, 0.15) is 162 Å². The van der Waals surface area contributed by atoms with E-state index in [0.717, 1.165) is 77.0 Å². The van der Waals surface area contributed by atoms with Crippen LogP contribution in [0, 0.1) is 0 Å². The maximum absolute atomic E-state index is 12.7. The summed E-state index contributed by atoms with van der Waals surface area (Å²) in [5, 5.41) is 0. The Morgan fingerprint density at radius 2 is 0.714 bits per heavy atom. The van der Waals surface area contributed by atoms with E-state index in [1.54, 1.807) is 0 Å². The van der Waals surface area contributed by atoms with Crippen molar-refractivity contribution in [2.75, 3.05) is 13.2 Å². The molecule has 0 spiro atoms.